The van der Waals surface area contributed by atoms with Gasteiger partial charge in [0.2, 0.25) is 5.89 Å². The lowest BCUT2D eigenvalue weighted by Crippen LogP contribution is -2.13. The molecule has 0 bridgehead atoms. The van der Waals surface area contributed by atoms with E-state index in [1.54, 1.807) is 0 Å². The van der Waals surface area contributed by atoms with Crippen LogP contribution < -0.4 is 5.32 Å². The topological polar surface area (TPSA) is 51.0 Å². The van der Waals surface area contributed by atoms with Gasteiger partial charge in [0, 0.05) is 11.8 Å². The lowest BCUT2D eigenvalue weighted by Gasteiger charge is -2.07. The minimum atomic E-state index is -0.228. The third kappa shape index (κ3) is 3.01. The minimum Gasteiger partial charge on any atom is -0.407 e. The Hall–Kier alpha value is -0.420. The number of anilines is 1. The molecule has 1 fully saturated rings. The van der Waals surface area contributed by atoms with Crippen molar-refractivity contribution in [3.05, 3.63) is 5.89 Å². The molecule has 1 aromatic heterocycles. The quantitative estimate of drug-likeness (QED) is 0.829. The number of halogens is 1. The van der Waals surface area contributed by atoms with Gasteiger partial charge in [-0.3, -0.25) is 0 Å². The van der Waals surface area contributed by atoms with Crippen molar-refractivity contribution in [1.82, 2.24) is 10.2 Å². The molecule has 1 aliphatic heterocycles. The SMILES string of the molecule is CC(Cl)c1nnc(NCC2CCCS2)o1. The van der Waals surface area contributed by atoms with Crippen molar-refractivity contribution in [2.24, 2.45) is 0 Å². The maximum absolute atomic E-state index is 5.82. The summed E-state index contributed by atoms with van der Waals surface area (Å²) in [6, 6.07) is 0.477. The van der Waals surface area contributed by atoms with Crippen molar-refractivity contribution in [3.8, 4) is 0 Å². The van der Waals surface area contributed by atoms with Crippen LogP contribution in [0.15, 0.2) is 4.42 Å². The van der Waals surface area contributed by atoms with Crippen molar-refractivity contribution < 1.29 is 4.42 Å². The van der Waals surface area contributed by atoms with Gasteiger partial charge < -0.3 is 9.73 Å². The number of rotatable bonds is 4. The van der Waals surface area contributed by atoms with Crippen molar-refractivity contribution in [3.63, 3.8) is 0 Å². The van der Waals surface area contributed by atoms with Crippen molar-refractivity contribution >= 4 is 29.4 Å². The summed E-state index contributed by atoms with van der Waals surface area (Å²) in [6.45, 7) is 2.70. The largest absolute Gasteiger partial charge is 0.407 e. The smallest absolute Gasteiger partial charge is 0.315 e. The van der Waals surface area contributed by atoms with Crippen LogP contribution in [0.25, 0.3) is 0 Å². The molecule has 1 saturated heterocycles. The first kappa shape index (κ1) is 11.1. The van der Waals surface area contributed by atoms with Crippen molar-refractivity contribution in [2.45, 2.75) is 30.4 Å². The number of thioether (sulfide) groups is 1. The summed E-state index contributed by atoms with van der Waals surface area (Å²) in [5.41, 5.74) is 0. The predicted octanol–water partition coefficient (Wildman–Crippen LogP) is 2.68. The molecule has 0 saturated carbocycles. The molecule has 15 heavy (non-hydrogen) atoms. The van der Waals surface area contributed by atoms with Gasteiger partial charge in [-0.2, -0.15) is 11.8 Å². The molecule has 2 rings (SSSR count). The molecule has 0 spiro atoms. The first-order valence-corrected chi connectivity index (χ1v) is 6.57. The maximum atomic E-state index is 5.82. The van der Waals surface area contributed by atoms with E-state index >= 15 is 0 Å². The molecule has 0 aromatic carbocycles. The van der Waals surface area contributed by atoms with Crippen LogP contribution in [0.2, 0.25) is 0 Å². The summed E-state index contributed by atoms with van der Waals surface area (Å²) in [5.74, 6) is 1.73. The van der Waals surface area contributed by atoms with E-state index < -0.39 is 0 Å². The third-order valence-corrected chi connectivity index (χ3v) is 3.87. The van der Waals surface area contributed by atoms with Crippen LogP contribution >= 0.6 is 23.4 Å². The van der Waals surface area contributed by atoms with Gasteiger partial charge in [0.1, 0.15) is 5.38 Å². The molecule has 6 heteroatoms. The number of nitrogens with one attached hydrogen (secondary N) is 1. The number of aromatic nitrogens is 2. The zero-order valence-corrected chi connectivity index (χ0v) is 10.1. The first-order valence-electron chi connectivity index (χ1n) is 5.08. The second-order valence-corrected chi connectivity index (χ2v) is 5.64. The molecule has 4 nitrogen and oxygen atoms in total. The fourth-order valence-corrected chi connectivity index (χ4v) is 2.76. The highest BCUT2D eigenvalue weighted by Crippen LogP contribution is 2.26. The second kappa shape index (κ2) is 5.07. The Kier molecular flexibility index (Phi) is 3.75. The molecule has 1 aromatic rings. The van der Waals surface area contributed by atoms with Gasteiger partial charge in [-0.25, -0.2) is 0 Å². The molecule has 0 amide bonds. The van der Waals surface area contributed by atoms with E-state index in [9.17, 15) is 0 Å². The highest BCUT2D eigenvalue weighted by molar-refractivity contribution is 8.00. The Balaban J connectivity index is 1.82. The Labute approximate surface area is 98.2 Å². The fourth-order valence-electron chi connectivity index (χ4n) is 1.47. The highest BCUT2D eigenvalue weighted by atomic mass is 35.5. The van der Waals surface area contributed by atoms with E-state index in [4.69, 9.17) is 16.0 Å². The summed E-state index contributed by atoms with van der Waals surface area (Å²) >= 11 is 7.81. The van der Waals surface area contributed by atoms with Crippen LogP contribution in [-0.4, -0.2) is 27.7 Å². The van der Waals surface area contributed by atoms with E-state index in [0.29, 0.717) is 17.2 Å². The van der Waals surface area contributed by atoms with E-state index in [1.165, 1.54) is 18.6 Å². The van der Waals surface area contributed by atoms with Crippen LogP contribution in [0.4, 0.5) is 6.01 Å². The Morgan fingerprint density at radius 2 is 2.53 bits per heavy atom. The predicted molar refractivity (Wildman–Crippen MR) is 62.5 cm³/mol. The molecule has 1 aliphatic rings. The fraction of sp³-hybridized carbons (Fsp3) is 0.778. The first-order chi connectivity index (χ1) is 7.25. The van der Waals surface area contributed by atoms with Gasteiger partial charge in [-0.05, 0) is 25.5 Å². The normalized spacial score (nSPS) is 22.9. The van der Waals surface area contributed by atoms with Crippen molar-refractivity contribution in [1.29, 1.82) is 0 Å². The number of alkyl halides is 1. The van der Waals surface area contributed by atoms with E-state index in [-0.39, 0.29) is 5.38 Å². The number of nitrogens with zero attached hydrogens (tertiary/aromatic N) is 2. The van der Waals surface area contributed by atoms with Crippen LogP contribution in [0.1, 0.15) is 31.0 Å². The average molecular weight is 248 g/mol. The van der Waals surface area contributed by atoms with Crippen LogP contribution in [0.3, 0.4) is 0 Å². The Morgan fingerprint density at radius 3 is 3.13 bits per heavy atom. The molecule has 0 radical (unpaired) electrons. The van der Waals surface area contributed by atoms with Gasteiger partial charge in [-0.1, -0.05) is 5.10 Å². The van der Waals surface area contributed by atoms with Crippen LogP contribution in [0.5, 0.6) is 0 Å². The van der Waals surface area contributed by atoms with Gasteiger partial charge in [0.25, 0.3) is 0 Å². The molecular weight excluding hydrogens is 234 g/mol. The molecule has 2 heterocycles. The lowest BCUT2D eigenvalue weighted by molar-refractivity contribution is 0.505. The van der Waals surface area contributed by atoms with E-state index in [1.807, 2.05) is 18.7 Å². The summed E-state index contributed by atoms with van der Waals surface area (Å²) in [7, 11) is 0. The molecule has 2 atom stereocenters. The zero-order chi connectivity index (χ0) is 10.7. The van der Waals surface area contributed by atoms with Crippen LogP contribution in [-0.2, 0) is 0 Å². The summed E-state index contributed by atoms with van der Waals surface area (Å²) in [4.78, 5) is 0. The summed E-state index contributed by atoms with van der Waals surface area (Å²) < 4.78 is 5.33. The average Bonchev–Trinajstić information content (AvgIpc) is 2.86. The second-order valence-electron chi connectivity index (χ2n) is 3.58. The molecule has 1 N–H and O–H groups in total. The summed E-state index contributed by atoms with van der Waals surface area (Å²) in [5, 5.41) is 11.3. The lowest BCUT2D eigenvalue weighted by atomic mass is 10.2. The Morgan fingerprint density at radius 1 is 1.67 bits per heavy atom. The van der Waals surface area contributed by atoms with Crippen LogP contribution in [0, 0.1) is 0 Å². The standard InChI is InChI=1S/C9H14ClN3OS/c1-6(10)8-12-13-9(14-8)11-5-7-3-2-4-15-7/h6-7H,2-5H2,1H3,(H,11,13). The van der Waals surface area contributed by atoms with E-state index in [0.717, 1.165) is 6.54 Å². The minimum absolute atomic E-state index is 0.228. The van der Waals surface area contributed by atoms with Gasteiger partial charge in [0.05, 0.1) is 0 Å². The van der Waals surface area contributed by atoms with Gasteiger partial charge in [0.15, 0.2) is 0 Å². The zero-order valence-electron chi connectivity index (χ0n) is 8.57. The molecule has 0 aliphatic carbocycles. The third-order valence-electron chi connectivity index (χ3n) is 2.29. The summed E-state index contributed by atoms with van der Waals surface area (Å²) in [6.07, 6.45) is 2.58. The van der Waals surface area contributed by atoms with E-state index in [2.05, 4.69) is 15.5 Å². The monoisotopic (exact) mass is 247 g/mol. The maximum Gasteiger partial charge on any atom is 0.315 e. The highest BCUT2D eigenvalue weighted by Gasteiger charge is 2.17. The van der Waals surface area contributed by atoms with Crippen molar-refractivity contribution in [2.75, 3.05) is 17.6 Å². The number of hydrogen-bond acceptors (Lipinski definition) is 5. The van der Waals surface area contributed by atoms with Gasteiger partial charge >= 0.3 is 6.01 Å². The molecular formula is C9H14ClN3OS. The van der Waals surface area contributed by atoms with Gasteiger partial charge in [-0.15, -0.1) is 16.7 Å². The number of hydrogen-bond donors (Lipinski definition) is 1. The molecule has 2 unspecified atom stereocenters. The Bertz CT molecular complexity index is 312. The molecule has 84 valence electrons.